The Morgan fingerprint density at radius 3 is 2.67 bits per heavy atom. The molecule has 36 heavy (non-hydrogen) atoms. The molecule has 5 rings (SSSR count). The van der Waals surface area contributed by atoms with Crippen LogP contribution in [-0.2, 0) is 6.54 Å². The Labute approximate surface area is 212 Å². The Morgan fingerprint density at radius 2 is 1.94 bits per heavy atom. The Bertz CT molecular complexity index is 1420. The molecule has 0 bridgehead atoms. The number of aromatic nitrogens is 3. The van der Waals surface area contributed by atoms with E-state index in [1.165, 1.54) is 11.3 Å². The normalized spacial score (nSPS) is 13.3. The number of nitrogens with one attached hydrogen (secondary N) is 1. The van der Waals surface area contributed by atoms with Crippen LogP contribution in [0.2, 0.25) is 0 Å². The molecule has 0 atom stereocenters. The van der Waals surface area contributed by atoms with Gasteiger partial charge in [0.1, 0.15) is 5.82 Å². The van der Waals surface area contributed by atoms with Gasteiger partial charge in [0.25, 0.3) is 0 Å². The van der Waals surface area contributed by atoms with Gasteiger partial charge in [0.15, 0.2) is 0 Å². The zero-order chi connectivity index (χ0) is 25.2. The van der Waals surface area contributed by atoms with Crippen molar-refractivity contribution in [1.29, 1.82) is 0 Å². The number of rotatable bonds is 7. The van der Waals surface area contributed by atoms with Crippen LogP contribution in [0, 0.1) is 13.8 Å². The Morgan fingerprint density at radius 1 is 1.08 bits per heavy atom. The zero-order valence-electron chi connectivity index (χ0n) is 19.9. The number of nitrogens with zero attached hydrogens (tertiary/aromatic N) is 5. The molecule has 9 nitrogen and oxygen atoms in total. The van der Waals surface area contributed by atoms with Crippen molar-refractivity contribution < 1.29 is 9.59 Å². The van der Waals surface area contributed by atoms with E-state index in [9.17, 15) is 9.59 Å². The predicted molar refractivity (Wildman–Crippen MR) is 140 cm³/mol. The molecule has 1 saturated heterocycles. The highest BCUT2D eigenvalue weighted by Crippen LogP contribution is 2.29. The molecule has 1 fully saturated rings. The van der Waals surface area contributed by atoms with Gasteiger partial charge in [0.05, 0.1) is 41.5 Å². The van der Waals surface area contributed by atoms with E-state index in [0.29, 0.717) is 31.0 Å². The maximum atomic E-state index is 12.9. The molecule has 1 aliphatic heterocycles. The lowest BCUT2D eigenvalue weighted by molar-refractivity contribution is 0.0999. The second kappa shape index (κ2) is 9.74. The van der Waals surface area contributed by atoms with Crippen molar-refractivity contribution in [3.63, 3.8) is 0 Å². The molecule has 0 spiro atoms. The lowest BCUT2D eigenvalue weighted by atomic mass is 9.94. The molecular weight excluding hydrogens is 474 g/mol. The summed E-state index contributed by atoms with van der Waals surface area (Å²) in [6, 6.07) is 9.33. The minimum Gasteiger partial charge on any atom is -0.366 e. The molecule has 4 aromatic rings. The summed E-state index contributed by atoms with van der Waals surface area (Å²) in [5.74, 6) is 0.220. The fourth-order valence-electron chi connectivity index (χ4n) is 4.30. The lowest BCUT2D eigenvalue weighted by Gasteiger charge is -2.18. The maximum Gasteiger partial charge on any atom is 0.325 e. The summed E-state index contributed by atoms with van der Waals surface area (Å²) in [4.78, 5) is 41.2. The smallest absolute Gasteiger partial charge is 0.325 e. The average molecular weight is 500 g/mol. The first-order valence-electron chi connectivity index (χ1n) is 11.4. The molecule has 4 heterocycles. The number of benzene rings is 1. The van der Waals surface area contributed by atoms with E-state index in [1.807, 2.05) is 43.5 Å². The number of thiazole rings is 1. The second-order valence-corrected chi connectivity index (χ2v) is 9.32. The van der Waals surface area contributed by atoms with Crippen molar-refractivity contribution in [2.45, 2.75) is 20.4 Å². The molecule has 0 aliphatic carbocycles. The van der Waals surface area contributed by atoms with Crippen LogP contribution in [0.5, 0.6) is 0 Å². The van der Waals surface area contributed by atoms with Gasteiger partial charge >= 0.3 is 6.03 Å². The van der Waals surface area contributed by atoms with Gasteiger partial charge in [-0.15, -0.1) is 11.3 Å². The van der Waals surface area contributed by atoms with Crippen molar-refractivity contribution in [3.8, 4) is 11.1 Å². The Balaban J connectivity index is 1.29. The van der Waals surface area contributed by atoms with Crippen molar-refractivity contribution in [3.05, 3.63) is 82.2 Å². The predicted octanol–water partition coefficient (Wildman–Crippen LogP) is 4.50. The molecule has 182 valence electrons. The number of nitrogens with two attached hydrogens (primary N) is 1. The number of anilines is 3. The summed E-state index contributed by atoms with van der Waals surface area (Å²) in [5.41, 5.74) is 13.9. The molecule has 3 N–H and O–H groups in total. The number of carbonyl (C=O) groups excluding carboxylic acids is 2. The number of hydrogen-bond donors (Lipinski definition) is 2. The van der Waals surface area contributed by atoms with Gasteiger partial charge in [-0.05, 0) is 54.8 Å². The summed E-state index contributed by atoms with van der Waals surface area (Å²) < 4.78 is 0. The van der Waals surface area contributed by atoms with Crippen LogP contribution in [0.25, 0.3) is 11.1 Å². The topological polar surface area (TPSA) is 117 Å². The van der Waals surface area contributed by atoms with Crippen LogP contribution in [0.1, 0.15) is 27.2 Å². The van der Waals surface area contributed by atoms with Crippen molar-refractivity contribution in [1.82, 2.24) is 19.9 Å². The average Bonchev–Trinajstić information content (AvgIpc) is 3.52. The third kappa shape index (κ3) is 4.63. The quantitative estimate of drug-likeness (QED) is 0.387. The van der Waals surface area contributed by atoms with Crippen molar-refractivity contribution in [2.24, 2.45) is 5.73 Å². The minimum absolute atomic E-state index is 0.0579. The van der Waals surface area contributed by atoms with Crippen LogP contribution >= 0.6 is 11.3 Å². The number of pyridine rings is 2. The van der Waals surface area contributed by atoms with Gasteiger partial charge in [-0.3, -0.25) is 14.7 Å². The first-order chi connectivity index (χ1) is 17.4. The molecule has 3 aromatic heterocycles. The van der Waals surface area contributed by atoms with Gasteiger partial charge in [0.2, 0.25) is 5.91 Å². The van der Waals surface area contributed by atoms with Gasteiger partial charge < -0.3 is 16.0 Å². The highest BCUT2D eigenvalue weighted by molar-refractivity contribution is 7.07. The number of amides is 3. The van der Waals surface area contributed by atoms with Gasteiger partial charge in [-0.2, -0.15) is 0 Å². The van der Waals surface area contributed by atoms with E-state index in [0.717, 1.165) is 39.3 Å². The fourth-order valence-corrected chi connectivity index (χ4v) is 4.85. The maximum absolute atomic E-state index is 12.9. The van der Waals surface area contributed by atoms with E-state index in [1.54, 1.807) is 40.0 Å². The van der Waals surface area contributed by atoms with E-state index in [-0.39, 0.29) is 6.03 Å². The first kappa shape index (κ1) is 23.4. The third-order valence-corrected chi connectivity index (χ3v) is 7.00. The van der Waals surface area contributed by atoms with Crippen LogP contribution in [0.3, 0.4) is 0 Å². The van der Waals surface area contributed by atoms with Crippen molar-refractivity contribution >= 4 is 40.5 Å². The minimum atomic E-state index is -0.432. The number of hydrogen-bond acceptors (Lipinski definition) is 7. The highest BCUT2D eigenvalue weighted by atomic mass is 32.1. The fraction of sp³-hybridized carbons (Fsp3) is 0.192. The van der Waals surface area contributed by atoms with E-state index in [4.69, 9.17) is 5.73 Å². The SMILES string of the molecule is Cc1c(C(N)=O)ccc(-c2ccc(Nc3cncc(N4CCN(Cc5cscn5)C4=O)c3)nc2)c1C. The van der Waals surface area contributed by atoms with Crippen molar-refractivity contribution in [2.75, 3.05) is 23.3 Å². The lowest BCUT2D eigenvalue weighted by Crippen LogP contribution is -2.31. The van der Waals surface area contributed by atoms with Crippen LogP contribution < -0.4 is 16.0 Å². The summed E-state index contributed by atoms with van der Waals surface area (Å²) in [7, 11) is 0. The zero-order valence-corrected chi connectivity index (χ0v) is 20.7. The standard InChI is InChI=1S/C26H25N7O2S/c1-16-17(2)23(25(27)34)5-4-22(16)18-3-6-24(29-10-18)31-19-9-21(12-28-11-19)33-8-7-32(26(33)35)13-20-14-36-15-30-20/h3-6,9-12,14-15H,7-8,13H2,1-2H3,(H2,27,34)(H,29,31). The largest absolute Gasteiger partial charge is 0.366 e. The molecular formula is C26H25N7O2S. The van der Waals surface area contributed by atoms with Gasteiger partial charge in [-0.25, -0.2) is 14.8 Å². The van der Waals surface area contributed by atoms with Gasteiger partial charge in [-0.1, -0.05) is 6.07 Å². The summed E-state index contributed by atoms with van der Waals surface area (Å²) in [6.45, 7) is 5.60. The molecule has 1 aromatic carbocycles. The molecule has 3 amide bonds. The Kier molecular flexibility index (Phi) is 6.34. The summed E-state index contributed by atoms with van der Waals surface area (Å²) >= 11 is 1.52. The molecule has 0 saturated carbocycles. The monoisotopic (exact) mass is 499 g/mol. The van der Waals surface area contributed by atoms with Crippen LogP contribution in [-0.4, -0.2) is 44.9 Å². The van der Waals surface area contributed by atoms with Crippen LogP contribution in [0.15, 0.2) is 59.8 Å². The van der Waals surface area contributed by atoms with E-state index >= 15 is 0 Å². The number of urea groups is 1. The molecule has 0 unspecified atom stereocenters. The number of primary amides is 1. The first-order valence-corrected chi connectivity index (χ1v) is 12.4. The summed E-state index contributed by atoms with van der Waals surface area (Å²) in [5, 5.41) is 5.22. The van der Waals surface area contributed by atoms with Crippen LogP contribution in [0.4, 0.5) is 22.0 Å². The van der Waals surface area contributed by atoms with Gasteiger partial charge in [0, 0.05) is 35.8 Å². The van der Waals surface area contributed by atoms with E-state index < -0.39 is 5.91 Å². The number of carbonyl (C=O) groups is 2. The third-order valence-electron chi connectivity index (χ3n) is 6.37. The molecule has 10 heteroatoms. The summed E-state index contributed by atoms with van der Waals surface area (Å²) in [6.07, 6.45) is 5.17. The highest BCUT2D eigenvalue weighted by Gasteiger charge is 2.30. The Hall–Kier alpha value is -4.31. The second-order valence-electron chi connectivity index (χ2n) is 8.60. The molecule has 0 radical (unpaired) electrons. The van der Waals surface area contributed by atoms with E-state index in [2.05, 4.69) is 20.3 Å². The molecule has 1 aliphatic rings.